The van der Waals surface area contributed by atoms with E-state index in [1.54, 1.807) is 49.7 Å². The van der Waals surface area contributed by atoms with Crippen LogP contribution in [0.5, 0.6) is 0 Å². The highest BCUT2D eigenvalue weighted by Gasteiger charge is 2.40. The zero-order valence-corrected chi connectivity index (χ0v) is 19.2. The van der Waals surface area contributed by atoms with E-state index in [1.165, 1.54) is 29.1 Å². The molecule has 0 radical (unpaired) electrons. The zero-order valence-electron chi connectivity index (χ0n) is 18.4. The molecule has 1 amide bonds. The van der Waals surface area contributed by atoms with Gasteiger partial charge in [-0.25, -0.2) is 22.3 Å². The Balaban J connectivity index is 1.66. The fourth-order valence-electron chi connectivity index (χ4n) is 3.60. The Morgan fingerprint density at radius 1 is 1.06 bits per heavy atom. The highest BCUT2D eigenvalue weighted by atomic mass is 32.2. The molecule has 8 nitrogen and oxygen atoms in total. The Morgan fingerprint density at radius 2 is 1.70 bits per heavy atom. The van der Waals surface area contributed by atoms with Crippen molar-refractivity contribution in [2.75, 3.05) is 43.3 Å². The third kappa shape index (κ3) is 4.16. The number of amides is 1. The summed E-state index contributed by atoms with van der Waals surface area (Å²) in [5.41, 5.74) is 0.743. The number of benzene rings is 2. The highest BCUT2D eigenvalue weighted by molar-refractivity contribution is 7.82. The average molecular weight is 473 g/mol. The second kappa shape index (κ2) is 8.83. The van der Waals surface area contributed by atoms with Crippen LogP contribution in [-0.4, -0.2) is 52.6 Å². The van der Waals surface area contributed by atoms with Crippen LogP contribution in [0.2, 0.25) is 0 Å². The lowest BCUT2D eigenvalue weighted by atomic mass is 10.0. The number of anilines is 4. The van der Waals surface area contributed by atoms with Crippen LogP contribution in [0, 0.1) is 11.6 Å². The summed E-state index contributed by atoms with van der Waals surface area (Å²) in [4.78, 5) is 25.1. The molecule has 172 valence electrons. The first-order chi connectivity index (χ1) is 15.7. The first kappa shape index (κ1) is 22.7. The lowest BCUT2D eigenvalue weighted by Crippen LogP contribution is -2.46. The Bertz CT molecular complexity index is 1220. The normalized spacial score (nSPS) is 16.7. The van der Waals surface area contributed by atoms with Crippen molar-refractivity contribution in [3.63, 3.8) is 0 Å². The van der Waals surface area contributed by atoms with Gasteiger partial charge in [0.1, 0.15) is 34.3 Å². The first-order valence-electron chi connectivity index (χ1n) is 9.96. The molecule has 0 bridgehead atoms. The van der Waals surface area contributed by atoms with Gasteiger partial charge in [-0.3, -0.25) is 4.79 Å². The smallest absolute Gasteiger partial charge is 0.254 e. The van der Waals surface area contributed by atoms with Crippen LogP contribution in [0.1, 0.15) is 11.6 Å². The Labute approximate surface area is 192 Å². The molecule has 1 N–H and O–H groups in total. The number of nitrogens with zero attached hydrogens (tertiary/aromatic N) is 5. The molecule has 0 saturated heterocycles. The van der Waals surface area contributed by atoms with Crippen molar-refractivity contribution in [3.8, 4) is 0 Å². The second-order valence-electron chi connectivity index (χ2n) is 7.66. The van der Waals surface area contributed by atoms with Gasteiger partial charge in [0.15, 0.2) is 5.82 Å². The molecule has 0 spiro atoms. The summed E-state index contributed by atoms with van der Waals surface area (Å²) in [7, 11) is 5.26. The number of hydrogen-bond acceptors (Lipinski definition) is 6. The van der Waals surface area contributed by atoms with E-state index in [1.807, 2.05) is 0 Å². The van der Waals surface area contributed by atoms with Gasteiger partial charge in [-0.1, -0.05) is 6.07 Å². The molecule has 0 aliphatic carbocycles. The summed E-state index contributed by atoms with van der Waals surface area (Å²) >= 11 is 0. The lowest BCUT2D eigenvalue weighted by Gasteiger charge is -2.38. The number of carbonyl (C=O) groups excluding carboxylic acids is 1. The van der Waals surface area contributed by atoms with Crippen LogP contribution in [0.4, 0.5) is 31.9 Å². The number of fused-ring (bicyclic) bond motifs is 1. The number of carbonyl (C=O) groups is 1. The van der Waals surface area contributed by atoms with Gasteiger partial charge in [0, 0.05) is 19.8 Å². The van der Waals surface area contributed by atoms with E-state index in [2.05, 4.69) is 15.3 Å². The molecule has 33 heavy (non-hydrogen) atoms. The molecule has 4 rings (SSSR count). The topological polar surface area (TPSA) is 81.7 Å². The van der Waals surface area contributed by atoms with Crippen molar-refractivity contribution in [1.29, 1.82) is 0 Å². The fraction of sp³-hybridized carbons (Fsp3) is 0.227. The minimum Gasteiger partial charge on any atom is -0.342 e. The molecule has 3 aromatic rings. The minimum absolute atomic E-state index is 0.234. The quantitative estimate of drug-likeness (QED) is 0.614. The summed E-state index contributed by atoms with van der Waals surface area (Å²) < 4.78 is 42.7. The van der Waals surface area contributed by atoms with Gasteiger partial charge in [-0.05, 0) is 50.5 Å². The molecule has 2 atom stereocenters. The molecule has 1 aliphatic rings. The van der Waals surface area contributed by atoms with E-state index >= 15 is 0 Å². The largest absolute Gasteiger partial charge is 0.342 e. The first-order valence-corrected chi connectivity index (χ1v) is 11.1. The summed E-state index contributed by atoms with van der Waals surface area (Å²) in [5, 5.41) is 3.06. The Morgan fingerprint density at radius 3 is 2.30 bits per heavy atom. The number of hydrogen-bond donors (Lipinski definition) is 1. The van der Waals surface area contributed by atoms with Crippen LogP contribution in [0.3, 0.4) is 0 Å². The van der Waals surface area contributed by atoms with Crippen molar-refractivity contribution in [1.82, 2.24) is 14.3 Å². The highest BCUT2D eigenvalue weighted by Crippen LogP contribution is 2.40. The number of aromatic nitrogens is 2. The van der Waals surface area contributed by atoms with Crippen LogP contribution >= 0.6 is 0 Å². The van der Waals surface area contributed by atoms with Crippen molar-refractivity contribution < 1.29 is 17.8 Å². The van der Waals surface area contributed by atoms with Crippen molar-refractivity contribution >= 4 is 40.0 Å². The Hall–Kier alpha value is -3.44. The summed E-state index contributed by atoms with van der Waals surface area (Å²) in [6, 6.07) is 9.23. The van der Waals surface area contributed by atoms with E-state index in [0.717, 1.165) is 12.1 Å². The summed E-state index contributed by atoms with van der Waals surface area (Å²) in [5.74, 6) is -1.53. The molecule has 2 unspecified atom stereocenters. The van der Waals surface area contributed by atoms with Gasteiger partial charge in [0.05, 0.1) is 16.7 Å². The molecular weight excluding hydrogens is 450 g/mol. The molecule has 2 aromatic carbocycles. The van der Waals surface area contributed by atoms with Crippen molar-refractivity contribution in [3.05, 3.63) is 65.9 Å². The number of halogens is 2. The number of rotatable bonds is 5. The van der Waals surface area contributed by atoms with Crippen molar-refractivity contribution in [2.24, 2.45) is 0 Å². The molecule has 1 aromatic heterocycles. The van der Waals surface area contributed by atoms with E-state index in [9.17, 15) is 17.8 Å². The number of nitrogens with one attached hydrogen (secondary N) is 1. The summed E-state index contributed by atoms with van der Waals surface area (Å²) in [6.07, 6.45) is 1.47. The predicted molar refractivity (Wildman–Crippen MR) is 123 cm³/mol. The Kier molecular flexibility index (Phi) is 6.09. The van der Waals surface area contributed by atoms with Crippen LogP contribution in [0.15, 0.2) is 53.6 Å². The van der Waals surface area contributed by atoms with Gasteiger partial charge in [-0.2, -0.15) is 4.98 Å². The standard InChI is InChI=1S/C22H22F2N6O2S/c1-28(2)33(32)14-10-8-13(9-11-14)26-22-25-12-17-20(27-22)30(4)19(21(31)29(17)3)18-15(23)6-5-7-16(18)24/h5-12,19H,1-4H3,(H,25,26,27). The maximum atomic E-state index is 14.5. The minimum atomic E-state index is -1.26. The lowest BCUT2D eigenvalue weighted by molar-refractivity contribution is -0.120. The van der Waals surface area contributed by atoms with Gasteiger partial charge in [-0.15, -0.1) is 0 Å². The predicted octanol–water partition coefficient (Wildman–Crippen LogP) is 3.24. The SMILES string of the molecule is CN1C(=O)C(c2c(F)cccc2F)N(C)c2nc(Nc3ccc(S(=O)N(C)C)cc3)ncc21. The third-order valence-corrected chi connectivity index (χ3v) is 6.65. The van der Waals surface area contributed by atoms with Crippen LogP contribution in [0.25, 0.3) is 0 Å². The van der Waals surface area contributed by atoms with Crippen LogP contribution < -0.4 is 15.1 Å². The zero-order chi connectivity index (χ0) is 23.9. The van der Waals surface area contributed by atoms with Gasteiger partial charge in [0.2, 0.25) is 5.95 Å². The molecular formula is C22H22F2N6O2S. The third-order valence-electron chi connectivity index (χ3n) is 5.31. The van der Waals surface area contributed by atoms with E-state index in [-0.39, 0.29) is 11.5 Å². The molecule has 0 saturated carbocycles. The van der Waals surface area contributed by atoms with Gasteiger partial charge < -0.3 is 15.1 Å². The molecule has 1 aliphatic heterocycles. The monoisotopic (exact) mass is 472 g/mol. The van der Waals surface area contributed by atoms with E-state index < -0.39 is 34.6 Å². The van der Waals surface area contributed by atoms with E-state index in [4.69, 9.17) is 0 Å². The van der Waals surface area contributed by atoms with Gasteiger partial charge in [0.25, 0.3) is 5.91 Å². The second-order valence-corrected chi connectivity index (χ2v) is 9.36. The van der Waals surface area contributed by atoms with Crippen LogP contribution in [-0.2, 0) is 15.8 Å². The average Bonchev–Trinajstić information content (AvgIpc) is 2.79. The van der Waals surface area contributed by atoms with Crippen molar-refractivity contribution in [2.45, 2.75) is 10.9 Å². The molecule has 11 heteroatoms. The van der Waals surface area contributed by atoms with Gasteiger partial charge >= 0.3 is 0 Å². The van der Waals surface area contributed by atoms with E-state index in [0.29, 0.717) is 22.1 Å². The maximum absolute atomic E-state index is 14.5. The maximum Gasteiger partial charge on any atom is 0.254 e. The molecule has 0 fully saturated rings. The molecule has 2 heterocycles. The fourth-order valence-corrected chi connectivity index (χ4v) is 4.39. The number of likely N-dealkylation sites (N-methyl/N-ethyl adjacent to an activating group) is 2. The summed E-state index contributed by atoms with van der Waals surface area (Å²) in [6.45, 7) is 0.